The highest BCUT2D eigenvalue weighted by Gasteiger charge is 2.25. The monoisotopic (exact) mass is 456 g/mol. The van der Waals surface area contributed by atoms with Crippen LogP contribution in [0.15, 0.2) is 48.7 Å². The zero-order valence-corrected chi connectivity index (χ0v) is 19.9. The fraction of sp³-hybridized carbons (Fsp3) is 0.308. The third kappa shape index (κ3) is 3.96. The van der Waals surface area contributed by atoms with Crippen molar-refractivity contribution >= 4 is 22.8 Å². The fourth-order valence-electron chi connectivity index (χ4n) is 4.50. The largest absolute Gasteiger partial charge is 0.497 e. The quantitative estimate of drug-likeness (QED) is 0.466. The lowest BCUT2D eigenvalue weighted by Crippen LogP contribution is -2.49. The second-order valence-corrected chi connectivity index (χ2v) is 8.69. The SMILES string of the molecule is COc1ccc(C(=O)N2CCN(c3nc(C)nc4c3cnn4-c3ccc(C)cc3C)CC2)cc1. The van der Waals surface area contributed by atoms with Crippen LogP contribution in [0.25, 0.3) is 16.7 Å². The average molecular weight is 457 g/mol. The minimum absolute atomic E-state index is 0.0361. The highest BCUT2D eigenvalue weighted by Crippen LogP contribution is 2.28. The molecule has 4 aromatic rings. The summed E-state index contributed by atoms with van der Waals surface area (Å²) in [6.07, 6.45) is 1.85. The zero-order valence-electron chi connectivity index (χ0n) is 19.9. The molecule has 174 valence electrons. The Morgan fingerprint density at radius 2 is 1.68 bits per heavy atom. The van der Waals surface area contributed by atoms with Crippen molar-refractivity contribution in [3.8, 4) is 11.4 Å². The Morgan fingerprint density at radius 1 is 0.941 bits per heavy atom. The molecule has 0 bridgehead atoms. The van der Waals surface area contributed by atoms with Crippen LogP contribution in [0.1, 0.15) is 27.3 Å². The number of piperazine rings is 1. The van der Waals surface area contributed by atoms with Crippen LogP contribution in [0.4, 0.5) is 5.82 Å². The number of benzene rings is 2. The topological polar surface area (TPSA) is 76.4 Å². The third-order valence-electron chi connectivity index (χ3n) is 6.30. The minimum atomic E-state index is 0.0361. The lowest BCUT2D eigenvalue weighted by atomic mass is 10.1. The van der Waals surface area contributed by atoms with Crippen molar-refractivity contribution in [3.05, 3.63) is 71.2 Å². The molecule has 0 N–H and O–H groups in total. The molecular weight excluding hydrogens is 428 g/mol. The van der Waals surface area contributed by atoms with Crippen LogP contribution in [0.5, 0.6) is 5.75 Å². The van der Waals surface area contributed by atoms with Crippen LogP contribution in [-0.2, 0) is 0 Å². The summed E-state index contributed by atoms with van der Waals surface area (Å²) >= 11 is 0. The molecule has 1 fully saturated rings. The molecule has 0 aliphatic carbocycles. The smallest absolute Gasteiger partial charge is 0.253 e. The number of rotatable bonds is 4. The van der Waals surface area contributed by atoms with Gasteiger partial charge in [0.05, 0.1) is 24.4 Å². The summed E-state index contributed by atoms with van der Waals surface area (Å²) in [5, 5.41) is 5.58. The van der Waals surface area contributed by atoms with Gasteiger partial charge in [-0.1, -0.05) is 17.7 Å². The molecule has 0 spiro atoms. The summed E-state index contributed by atoms with van der Waals surface area (Å²) in [5.41, 5.74) is 4.84. The number of carbonyl (C=O) groups is 1. The molecule has 1 aliphatic heterocycles. The number of ether oxygens (including phenoxy) is 1. The fourth-order valence-corrected chi connectivity index (χ4v) is 4.50. The first kappa shape index (κ1) is 21.9. The van der Waals surface area contributed by atoms with Gasteiger partial charge in [0, 0.05) is 31.7 Å². The number of hydrogen-bond donors (Lipinski definition) is 0. The van der Waals surface area contributed by atoms with Gasteiger partial charge < -0.3 is 14.5 Å². The maximum Gasteiger partial charge on any atom is 0.253 e. The molecule has 1 amide bonds. The van der Waals surface area contributed by atoms with Crippen LogP contribution < -0.4 is 9.64 Å². The van der Waals surface area contributed by atoms with Crippen LogP contribution in [0, 0.1) is 20.8 Å². The Labute approximate surface area is 198 Å². The summed E-state index contributed by atoms with van der Waals surface area (Å²) in [4.78, 5) is 26.5. The van der Waals surface area contributed by atoms with Gasteiger partial charge in [-0.05, 0) is 56.7 Å². The Balaban J connectivity index is 1.39. The summed E-state index contributed by atoms with van der Waals surface area (Å²) in [6.45, 7) is 8.72. The van der Waals surface area contributed by atoms with Crippen molar-refractivity contribution < 1.29 is 9.53 Å². The molecule has 8 heteroatoms. The van der Waals surface area contributed by atoms with Gasteiger partial charge in [-0.3, -0.25) is 4.79 Å². The number of aryl methyl sites for hydroxylation is 3. The summed E-state index contributed by atoms with van der Waals surface area (Å²) < 4.78 is 7.09. The normalized spacial score (nSPS) is 14.0. The highest BCUT2D eigenvalue weighted by molar-refractivity contribution is 5.94. The predicted octanol–water partition coefficient (Wildman–Crippen LogP) is 3.71. The van der Waals surface area contributed by atoms with E-state index in [2.05, 4.69) is 42.0 Å². The van der Waals surface area contributed by atoms with Crippen LogP contribution in [0.3, 0.4) is 0 Å². The number of methoxy groups -OCH3 is 1. The number of hydrogen-bond acceptors (Lipinski definition) is 6. The van der Waals surface area contributed by atoms with E-state index in [4.69, 9.17) is 14.7 Å². The number of amides is 1. The van der Waals surface area contributed by atoms with Crippen molar-refractivity contribution in [2.24, 2.45) is 0 Å². The maximum absolute atomic E-state index is 13.0. The maximum atomic E-state index is 13.0. The van der Waals surface area contributed by atoms with Gasteiger partial charge in [0.1, 0.15) is 17.4 Å². The van der Waals surface area contributed by atoms with Crippen molar-refractivity contribution in [3.63, 3.8) is 0 Å². The molecule has 2 aromatic carbocycles. The molecule has 34 heavy (non-hydrogen) atoms. The molecule has 0 atom stereocenters. The highest BCUT2D eigenvalue weighted by atomic mass is 16.5. The molecule has 3 heterocycles. The Morgan fingerprint density at radius 3 is 2.35 bits per heavy atom. The Kier molecular flexibility index (Phi) is 5.65. The number of aromatic nitrogens is 4. The Bertz CT molecular complexity index is 1350. The van der Waals surface area contributed by atoms with E-state index < -0.39 is 0 Å². The number of nitrogens with zero attached hydrogens (tertiary/aromatic N) is 6. The van der Waals surface area contributed by atoms with E-state index in [-0.39, 0.29) is 5.91 Å². The van der Waals surface area contributed by atoms with E-state index >= 15 is 0 Å². The summed E-state index contributed by atoms with van der Waals surface area (Å²) in [5.74, 6) is 2.35. The number of anilines is 1. The van der Waals surface area contributed by atoms with Gasteiger partial charge in [-0.15, -0.1) is 0 Å². The van der Waals surface area contributed by atoms with E-state index in [1.54, 1.807) is 7.11 Å². The van der Waals surface area contributed by atoms with Crippen molar-refractivity contribution in [1.29, 1.82) is 0 Å². The second-order valence-electron chi connectivity index (χ2n) is 8.69. The molecule has 0 unspecified atom stereocenters. The van der Waals surface area contributed by atoms with E-state index in [1.165, 1.54) is 5.56 Å². The minimum Gasteiger partial charge on any atom is -0.497 e. The third-order valence-corrected chi connectivity index (χ3v) is 6.30. The van der Waals surface area contributed by atoms with Crippen molar-refractivity contribution in [2.45, 2.75) is 20.8 Å². The van der Waals surface area contributed by atoms with Gasteiger partial charge in [0.2, 0.25) is 0 Å². The van der Waals surface area contributed by atoms with E-state index in [1.807, 2.05) is 47.0 Å². The summed E-state index contributed by atoms with van der Waals surface area (Å²) in [6, 6.07) is 13.6. The van der Waals surface area contributed by atoms with Gasteiger partial charge in [0.25, 0.3) is 5.91 Å². The lowest BCUT2D eigenvalue weighted by Gasteiger charge is -2.35. The molecular formula is C26H28N6O2. The summed E-state index contributed by atoms with van der Waals surface area (Å²) in [7, 11) is 1.62. The molecule has 8 nitrogen and oxygen atoms in total. The van der Waals surface area contributed by atoms with Crippen LogP contribution in [-0.4, -0.2) is 63.8 Å². The first-order valence-electron chi connectivity index (χ1n) is 11.4. The predicted molar refractivity (Wildman–Crippen MR) is 132 cm³/mol. The number of fused-ring (bicyclic) bond motifs is 1. The van der Waals surface area contributed by atoms with E-state index in [9.17, 15) is 4.79 Å². The van der Waals surface area contributed by atoms with Crippen molar-refractivity contribution in [2.75, 3.05) is 38.2 Å². The first-order chi connectivity index (χ1) is 16.4. The van der Waals surface area contributed by atoms with Gasteiger partial charge in [-0.25, -0.2) is 14.6 Å². The van der Waals surface area contributed by atoms with Gasteiger partial charge >= 0.3 is 0 Å². The first-order valence-corrected chi connectivity index (χ1v) is 11.4. The van der Waals surface area contributed by atoms with E-state index in [0.29, 0.717) is 37.6 Å². The second kappa shape index (κ2) is 8.78. The molecule has 2 aromatic heterocycles. The zero-order chi connectivity index (χ0) is 23.8. The average Bonchev–Trinajstić information content (AvgIpc) is 3.26. The lowest BCUT2D eigenvalue weighted by molar-refractivity contribution is 0.0746. The molecule has 0 saturated carbocycles. The molecule has 5 rings (SSSR count). The number of carbonyl (C=O) groups excluding carboxylic acids is 1. The van der Waals surface area contributed by atoms with Crippen molar-refractivity contribution in [1.82, 2.24) is 24.6 Å². The van der Waals surface area contributed by atoms with Crippen LogP contribution in [0.2, 0.25) is 0 Å². The van der Waals surface area contributed by atoms with E-state index in [0.717, 1.165) is 33.9 Å². The molecule has 1 aliphatic rings. The van der Waals surface area contributed by atoms with Gasteiger partial charge in [-0.2, -0.15) is 5.10 Å². The Hall–Kier alpha value is -3.94. The molecule has 0 radical (unpaired) electrons. The van der Waals surface area contributed by atoms with Crippen LogP contribution >= 0.6 is 0 Å². The standard InChI is InChI=1S/C26H28N6O2/c1-17-5-10-23(18(2)15-17)32-25-22(16-27-32)24(28-19(3)29-25)30-11-13-31(14-12-30)26(33)20-6-8-21(34-4)9-7-20/h5-10,15-16H,11-14H2,1-4H3. The van der Waals surface area contributed by atoms with Gasteiger partial charge in [0.15, 0.2) is 5.65 Å². The molecule has 1 saturated heterocycles.